The Balaban J connectivity index is 1.31. The van der Waals surface area contributed by atoms with E-state index in [1.807, 2.05) is 30.5 Å². The van der Waals surface area contributed by atoms with Crippen LogP contribution in [0.4, 0.5) is 11.4 Å². The smallest absolute Gasteiger partial charge is 0.285 e. The Kier molecular flexibility index (Phi) is 4.79. The number of carbonyl (C=O) groups excluding carboxylic acids is 1. The number of aromatic nitrogens is 1. The van der Waals surface area contributed by atoms with Crippen LogP contribution >= 0.6 is 0 Å². The average Bonchev–Trinajstić information content (AvgIpc) is 3.32. The first-order chi connectivity index (χ1) is 15.4. The van der Waals surface area contributed by atoms with Gasteiger partial charge in [0, 0.05) is 46.1 Å². The molecule has 0 bridgehead atoms. The number of hydrogen-bond donors (Lipinski definition) is 2. The zero-order valence-electron chi connectivity index (χ0n) is 17.2. The Labute approximate surface area is 185 Å². The predicted molar refractivity (Wildman–Crippen MR) is 126 cm³/mol. The van der Waals surface area contributed by atoms with Gasteiger partial charge in [-0.25, -0.2) is 0 Å². The minimum Gasteiger partial charge on any atom is -0.348 e. The summed E-state index contributed by atoms with van der Waals surface area (Å²) in [4.78, 5) is 12.9. The maximum absolute atomic E-state index is 12.7. The number of hydrogen-bond acceptors (Lipinski definition) is 4. The predicted octanol–water partition coefficient (Wildman–Crippen LogP) is 4.47. The summed E-state index contributed by atoms with van der Waals surface area (Å²) in [5, 5.41) is 7.02. The number of amidine groups is 1. The second-order valence-corrected chi connectivity index (χ2v) is 9.02. The number of fused-ring (bicyclic) bond motifs is 2. The molecule has 0 spiro atoms. The molecule has 0 atom stereocenters. The molecule has 3 aromatic carbocycles. The normalized spacial score (nSPS) is 14.1. The molecule has 0 radical (unpaired) electrons. The number of aryl methyl sites for hydroxylation is 1. The first-order valence-electron chi connectivity index (χ1n) is 10.2. The van der Waals surface area contributed by atoms with Crippen molar-refractivity contribution in [1.29, 1.82) is 0 Å². The van der Waals surface area contributed by atoms with Gasteiger partial charge >= 0.3 is 0 Å². The second-order valence-electron chi connectivity index (χ2n) is 7.44. The van der Waals surface area contributed by atoms with Crippen LogP contribution in [0.15, 0.2) is 88.3 Å². The molecule has 160 valence electrons. The quantitative estimate of drug-likeness (QED) is 0.486. The van der Waals surface area contributed by atoms with E-state index in [1.165, 1.54) is 6.07 Å². The van der Waals surface area contributed by atoms with E-state index in [9.17, 15) is 13.2 Å². The zero-order chi connectivity index (χ0) is 22.3. The fraction of sp³-hybridized carbons (Fsp3) is 0.0833. The molecular weight excluding hydrogens is 424 g/mol. The topological polar surface area (TPSA) is 92.6 Å². The molecule has 0 aliphatic carbocycles. The largest absolute Gasteiger partial charge is 0.348 e. The van der Waals surface area contributed by atoms with Crippen molar-refractivity contribution in [3.05, 3.63) is 90.1 Å². The van der Waals surface area contributed by atoms with Gasteiger partial charge in [0.15, 0.2) is 5.84 Å². The van der Waals surface area contributed by atoms with Gasteiger partial charge in [-0.2, -0.15) is 8.42 Å². The van der Waals surface area contributed by atoms with Crippen molar-refractivity contribution in [2.24, 2.45) is 4.40 Å². The first kappa shape index (κ1) is 20.0. The lowest BCUT2D eigenvalue weighted by atomic mass is 10.1. The van der Waals surface area contributed by atoms with E-state index >= 15 is 0 Å². The third kappa shape index (κ3) is 3.54. The van der Waals surface area contributed by atoms with Gasteiger partial charge in [0.05, 0.1) is 0 Å². The van der Waals surface area contributed by atoms with Gasteiger partial charge in [0.1, 0.15) is 4.90 Å². The Hall–Kier alpha value is -3.91. The molecule has 0 saturated carbocycles. The fourth-order valence-corrected chi connectivity index (χ4v) is 4.97. The van der Waals surface area contributed by atoms with E-state index in [0.717, 1.165) is 23.1 Å². The van der Waals surface area contributed by atoms with Crippen LogP contribution in [-0.2, 0) is 16.6 Å². The maximum Gasteiger partial charge on any atom is 0.285 e. The molecule has 4 aromatic rings. The summed E-state index contributed by atoms with van der Waals surface area (Å²) in [6.45, 7) is 2.98. The van der Waals surface area contributed by atoms with Crippen LogP contribution in [0, 0.1) is 0 Å². The highest BCUT2D eigenvalue weighted by Gasteiger charge is 2.28. The van der Waals surface area contributed by atoms with Crippen LogP contribution in [0.5, 0.6) is 0 Å². The summed E-state index contributed by atoms with van der Waals surface area (Å²) >= 11 is 0. The summed E-state index contributed by atoms with van der Waals surface area (Å²) < 4.78 is 30.3. The van der Waals surface area contributed by atoms with E-state index in [2.05, 4.69) is 26.5 Å². The Morgan fingerprint density at radius 3 is 2.50 bits per heavy atom. The molecular formula is C24H20N4O3S. The maximum atomic E-state index is 12.7. The average molecular weight is 445 g/mol. The minimum atomic E-state index is -3.69. The standard InChI is InChI=1S/C24H20N4O3S/c1-2-28-14-13-17-15-19(11-12-21(17)28)26-24(29)16-7-9-18(10-8-16)25-23-20-5-3-4-6-22(20)32(30,31)27-23/h3-15H,2H2,1H3,(H,25,27)(H,26,29). The molecule has 0 saturated heterocycles. The van der Waals surface area contributed by atoms with Gasteiger partial charge in [-0.1, -0.05) is 12.1 Å². The van der Waals surface area contributed by atoms with E-state index in [4.69, 9.17) is 0 Å². The van der Waals surface area contributed by atoms with Gasteiger partial charge in [0.25, 0.3) is 15.9 Å². The Morgan fingerprint density at radius 2 is 1.72 bits per heavy atom. The summed E-state index contributed by atoms with van der Waals surface area (Å²) in [7, 11) is -3.69. The van der Waals surface area contributed by atoms with Crippen molar-refractivity contribution < 1.29 is 13.2 Å². The fourth-order valence-electron chi connectivity index (χ4n) is 3.79. The number of amides is 1. The number of nitrogens with one attached hydrogen (secondary N) is 2. The lowest BCUT2D eigenvalue weighted by Gasteiger charge is -2.09. The molecule has 2 N–H and O–H groups in total. The van der Waals surface area contributed by atoms with Crippen molar-refractivity contribution >= 4 is 44.0 Å². The molecule has 8 heteroatoms. The molecule has 1 aromatic heterocycles. The zero-order valence-corrected chi connectivity index (χ0v) is 18.1. The number of sulfonamides is 1. The van der Waals surface area contributed by atoms with Gasteiger partial charge in [-0.15, -0.1) is 4.40 Å². The number of benzene rings is 3. The van der Waals surface area contributed by atoms with Crippen molar-refractivity contribution in [1.82, 2.24) is 4.57 Å². The van der Waals surface area contributed by atoms with E-state index in [-0.39, 0.29) is 16.6 Å². The van der Waals surface area contributed by atoms with Crippen molar-refractivity contribution in [3.63, 3.8) is 0 Å². The van der Waals surface area contributed by atoms with Crippen LogP contribution in [0.25, 0.3) is 10.9 Å². The number of rotatable bonds is 4. The monoisotopic (exact) mass is 444 g/mol. The van der Waals surface area contributed by atoms with Crippen LogP contribution in [0.3, 0.4) is 0 Å². The van der Waals surface area contributed by atoms with E-state index in [1.54, 1.807) is 42.5 Å². The third-order valence-electron chi connectivity index (χ3n) is 5.41. The molecule has 1 amide bonds. The van der Waals surface area contributed by atoms with E-state index in [0.29, 0.717) is 16.8 Å². The highest BCUT2D eigenvalue weighted by atomic mass is 32.2. The molecule has 7 nitrogen and oxygen atoms in total. The van der Waals surface area contributed by atoms with Crippen LogP contribution in [0.1, 0.15) is 22.8 Å². The van der Waals surface area contributed by atoms with Crippen LogP contribution in [0.2, 0.25) is 0 Å². The summed E-state index contributed by atoms with van der Waals surface area (Å²) in [5.74, 6) is 0.0436. The van der Waals surface area contributed by atoms with Crippen molar-refractivity contribution in [3.8, 4) is 0 Å². The lowest BCUT2D eigenvalue weighted by molar-refractivity contribution is 0.102. The highest BCUT2D eigenvalue weighted by molar-refractivity contribution is 7.90. The van der Waals surface area contributed by atoms with Crippen LogP contribution in [-0.4, -0.2) is 24.7 Å². The highest BCUT2D eigenvalue weighted by Crippen LogP contribution is 2.27. The van der Waals surface area contributed by atoms with Gasteiger partial charge in [-0.3, -0.25) is 4.79 Å². The molecule has 32 heavy (non-hydrogen) atoms. The minimum absolute atomic E-state index is 0.185. The first-order valence-corrected chi connectivity index (χ1v) is 11.6. The second kappa shape index (κ2) is 7.65. The van der Waals surface area contributed by atoms with Gasteiger partial charge in [0.2, 0.25) is 0 Å². The van der Waals surface area contributed by atoms with Crippen LogP contribution < -0.4 is 10.6 Å². The van der Waals surface area contributed by atoms with Gasteiger partial charge < -0.3 is 15.2 Å². The number of carbonyl (C=O) groups is 1. The SMILES string of the molecule is CCn1ccc2cc(NC(=O)c3ccc(NC4=NS(=O)(=O)c5ccccc54)cc3)ccc21. The molecule has 0 unspecified atom stereocenters. The summed E-state index contributed by atoms with van der Waals surface area (Å²) in [6, 6.07) is 21.3. The summed E-state index contributed by atoms with van der Waals surface area (Å²) in [5.41, 5.74) is 3.50. The summed E-state index contributed by atoms with van der Waals surface area (Å²) in [6.07, 6.45) is 2.03. The molecule has 1 aliphatic heterocycles. The lowest BCUT2D eigenvalue weighted by Crippen LogP contribution is -2.13. The Morgan fingerprint density at radius 1 is 0.969 bits per heavy atom. The molecule has 2 heterocycles. The number of nitrogens with zero attached hydrogens (tertiary/aromatic N) is 2. The van der Waals surface area contributed by atoms with Crippen molar-refractivity contribution in [2.45, 2.75) is 18.4 Å². The Bertz CT molecular complexity index is 1490. The van der Waals surface area contributed by atoms with Crippen molar-refractivity contribution in [2.75, 3.05) is 10.6 Å². The molecule has 1 aliphatic rings. The number of anilines is 2. The molecule has 5 rings (SSSR count). The van der Waals surface area contributed by atoms with Gasteiger partial charge in [-0.05, 0) is 67.6 Å². The molecule has 0 fully saturated rings. The van der Waals surface area contributed by atoms with E-state index < -0.39 is 10.0 Å². The third-order valence-corrected chi connectivity index (χ3v) is 6.75.